The van der Waals surface area contributed by atoms with Crippen molar-refractivity contribution in [2.24, 2.45) is 0 Å². The Morgan fingerprint density at radius 2 is 0.671 bits per heavy atom. The zero-order valence-corrected chi connectivity index (χ0v) is 51.3. The van der Waals surface area contributed by atoms with Gasteiger partial charge in [-0.2, -0.15) is 0 Å². The molecule has 76 heavy (non-hydrogen) atoms. The number of unbranched alkanes of at least 4 members (excludes halogenated alkanes) is 47. The van der Waals surface area contributed by atoms with Crippen LogP contribution in [0.4, 0.5) is 0 Å². The van der Waals surface area contributed by atoms with Gasteiger partial charge in [-0.3, -0.25) is 9.59 Å². The Balaban J connectivity index is 3.36. The number of aliphatic hydroxyl groups excluding tert-OH is 2. The smallest absolute Gasteiger partial charge is 0.305 e. The number of hydrogen-bond acceptors (Lipinski definition) is 5. The van der Waals surface area contributed by atoms with Crippen molar-refractivity contribution >= 4 is 11.9 Å². The highest BCUT2D eigenvalue weighted by molar-refractivity contribution is 5.76. The van der Waals surface area contributed by atoms with Crippen molar-refractivity contribution in [3.05, 3.63) is 36.5 Å². The lowest BCUT2D eigenvalue weighted by Gasteiger charge is -2.22. The number of carbonyl (C=O) groups is 2. The first-order chi connectivity index (χ1) is 37.5. The van der Waals surface area contributed by atoms with Crippen molar-refractivity contribution in [3.63, 3.8) is 0 Å². The van der Waals surface area contributed by atoms with E-state index < -0.39 is 12.1 Å². The molecule has 3 N–H and O–H groups in total. The van der Waals surface area contributed by atoms with Gasteiger partial charge in [-0.25, -0.2) is 0 Å². The van der Waals surface area contributed by atoms with Crippen LogP contribution in [-0.2, 0) is 14.3 Å². The van der Waals surface area contributed by atoms with E-state index in [1.54, 1.807) is 0 Å². The number of carbonyl (C=O) groups excluding carboxylic acids is 2. The number of aliphatic hydroxyl groups is 2. The van der Waals surface area contributed by atoms with Gasteiger partial charge in [0.15, 0.2) is 0 Å². The molecule has 0 aromatic rings. The second-order valence-corrected chi connectivity index (χ2v) is 23.5. The Morgan fingerprint density at radius 1 is 0.368 bits per heavy atom. The molecule has 0 aliphatic rings. The van der Waals surface area contributed by atoms with E-state index >= 15 is 0 Å². The van der Waals surface area contributed by atoms with Crippen molar-refractivity contribution in [1.82, 2.24) is 5.32 Å². The van der Waals surface area contributed by atoms with Gasteiger partial charge in [0.1, 0.15) is 0 Å². The minimum absolute atomic E-state index is 0.00265. The number of rotatable bonds is 64. The van der Waals surface area contributed by atoms with Gasteiger partial charge in [-0.15, -0.1) is 0 Å². The third kappa shape index (κ3) is 61.3. The number of ether oxygens (including phenoxy) is 1. The fourth-order valence-corrected chi connectivity index (χ4v) is 10.7. The molecule has 0 fully saturated rings. The SMILES string of the molecule is CCCC/C=C\C/C=C\CCCCCCCC(=O)OCCCCCCCCCCCCCC/C=C\CCCCCCCCCCCCCCCCC(=O)NC(CO)C(O)CCCCCCCCCCCCCCCCC. The first-order valence-electron chi connectivity index (χ1n) is 34.2. The van der Waals surface area contributed by atoms with Gasteiger partial charge in [0, 0.05) is 12.8 Å². The van der Waals surface area contributed by atoms with Crippen LogP contribution < -0.4 is 5.32 Å². The van der Waals surface area contributed by atoms with Gasteiger partial charge >= 0.3 is 5.97 Å². The predicted octanol–water partition coefficient (Wildman–Crippen LogP) is 21.9. The summed E-state index contributed by atoms with van der Waals surface area (Å²) in [4.78, 5) is 24.5. The Labute approximate surface area is 474 Å². The molecular formula is C70H133NO5. The van der Waals surface area contributed by atoms with E-state index in [2.05, 4.69) is 55.6 Å². The van der Waals surface area contributed by atoms with E-state index in [0.29, 0.717) is 25.9 Å². The maximum Gasteiger partial charge on any atom is 0.305 e. The van der Waals surface area contributed by atoms with Crippen LogP contribution in [0, 0.1) is 0 Å². The standard InChI is InChI=1S/C70H133NO5/c1-3-5-7-9-11-13-15-17-35-38-42-46-50-54-58-62-68(73)67(66-72)71-69(74)63-59-55-51-47-43-39-36-33-31-29-27-25-23-21-19-20-22-24-26-28-30-32-34-37-41-45-49-53-57-61-65-76-70(75)64-60-56-52-48-44-40-18-16-14-12-10-8-6-4-2/h10,12,16,18,20,22,67-68,72-73H,3-9,11,13-15,17,19,21,23-66H2,1-2H3,(H,71,74)/b12-10-,18-16-,22-20-. The minimum Gasteiger partial charge on any atom is -0.466 e. The molecule has 0 spiro atoms. The van der Waals surface area contributed by atoms with Gasteiger partial charge in [-0.1, -0.05) is 320 Å². The largest absolute Gasteiger partial charge is 0.466 e. The Bertz CT molecular complexity index is 1230. The quantitative estimate of drug-likeness (QED) is 0.0320. The summed E-state index contributed by atoms with van der Waals surface area (Å²) < 4.78 is 5.48. The monoisotopic (exact) mass is 1070 g/mol. The number of nitrogens with one attached hydrogen (secondary N) is 1. The Morgan fingerprint density at radius 3 is 1.05 bits per heavy atom. The summed E-state index contributed by atoms with van der Waals surface area (Å²) in [5.74, 6) is -0.0286. The fourth-order valence-electron chi connectivity index (χ4n) is 10.7. The van der Waals surface area contributed by atoms with Crippen molar-refractivity contribution in [2.45, 2.75) is 386 Å². The average molecular weight is 1070 g/mol. The first kappa shape index (κ1) is 74.1. The third-order valence-electron chi connectivity index (χ3n) is 15.9. The van der Waals surface area contributed by atoms with E-state index in [9.17, 15) is 19.8 Å². The topological polar surface area (TPSA) is 95.9 Å². The molecule has 6 heteroatoms. The second kappa shape index (κ2) is 65.6. The van der Waals surface area contributed by atoms with Crippen LogP contribution in [0.25, 0.3) is 0 Å². The van der Waals surface area contributed by atoms with Crippen LogP contribution in [0.3, 0.4) is 0 Å². The number of amides is 1. The number of hydrogen-bond donors (Lipinski definition) is 3. The number of allylic oxidation sites excluding steroid dienone is 6. The summed E-state index contributed by atoms with van der Waals surface area (Å²) in [5, 5.41) is 23.3. The summed E-state index contributed by atoms with van der Waals surface area (Å²) in [5.41, 5.74) is 0. The molecular weight excluding hydrogens is 935 g/mol. The van der Waals surface area contributed by atoms with Gasteiger partial charge < -0.3 is 20.3 Å². The average Bonchev–Trinajstić information content (AvgIpc) is 3.42. The molecule has 0 bridgehead atoms. The summed E-state index contributed by atoms with van der Waals surface area (Å²) in [6.45, 7) is 4.93. The van der Waals surface area contributed by atoms with Crippen LogP contribution in [0.5, 0.6) is 0 Å². The van der Waals surface area contributed by atoms with Gasteiger partial charge in [-0.05, 0) is 77.0 Å². The molecule has 2 atom stereocenters. The summed E-state index contributed by atoms with van der Waals surface area (Å²) in [6.07, 6.45) is 83.3. The summed E-state index contributed by atoms with van der Waals surface area (Å²) in [6, 6.07) is -0.540. The van der Waals surface area contributed by atoms with Crippen LogP contribution in [0.15, 0.2) is 36.5 Å². The molecule has 448 valence electrons. The second-order valence-electron chi connectivity index (χ2n) is 23.5. The van der Waals surface area contributed by atoms with E-state index in [-0.39, 0.29) is 18.5 Å². The van der Waals surface area contributed by atoms with E-state index in [1.165, 1.54) is 289 Å². The minimum atomic E-state index is -0.663. The molecule has 0 aliphatic carbocycles. The highest BCUT2D eigenvalue weighted by Gasteiger charge is 2.20. The molecule has 0 aromatic carbocycles. The van der Waals surface area contributed by atoms with Crippen LogP contribution >= 0.6 is 0 Å². The van der Waals surface area contributed by atoms with Crippen LogP contribution in [0.2, 0.25) is 0 Å². The maximum atomic E-state index is 12.5. The van der Waals surface area contributed by atoms with Crippen LogP contribution in [-0.4, -0.2) is 47.4 Å². The van der Waals surface area contributed by atoms with E-state index in [1.807, 2.05) is 0 Å². The van der Waals surface area contributed by atoms with Gasteiger partial charge in [0.2, 0.25) is 5.91 Å². The van der Waals surface area contributed by atoms with Crippen molar-refractivity contribution in [2.75, 3.05) is 13.2 Å². The summed E-state index contributed by atoms with van der Waals surface area (Å²) >= 11 is 0. The lowest BCUT2D eigenvalue weighted by Crippen LogP contribution is -2.45. The fraction of sp³-hybridized carbons (Fsp3) is 0.886. The van der Waals surface area contributed by atoms with Gasteiger partial charge in [0.25, 0.3) is 0 Å². The lowest BCUT2D eigenvalue weighted by molar-refractivity contribution is -0.143. The highest BCUT2D eigenvalue weighted by Crippen LogP contribution is 2.18. The normalized spacial score (nSPS) is 12.7. The molecule has 2 unspecified atom stereocenters. The zero-order chi connectivity index (χ0) is 55.0. The molecule has 0 aromatic heterocycles. The Hall–Kier alpha value is -1.92. The maximum absolute atomic E-state index is 12.5. The van der Waals surface area contributed by atoms with E-state index in [0.717, 1.165) is 51.4 Å². The molecule has 0 saturated carbocycles. The molecule has 1 amide bonds. The Kier molecular flexibility index (Phi) is 63.9. The molecule has 0 radical (unpaired) electrons. The molecule has 6 nitrogen and oxygen atoms in total. The third-order valence-corrected chi connectivity index (χ3v) is 15.9. The van der Waals surface area contributed by atoms with Gasteiger partial charge in [0.05, 0.1) is 25.4 Å². The summed E-state index contributed by atoms with van der Waals surface area (Å²) in [7, 11) is 0. The van der Waals surface area contributed by atoms with Crippen molar-refractivity contribution in [3.8, 4) is 0 Å². The molecule has 0 aliphatic heterocycles. The highest BCUT2D eigenvalue weighted by atomic mass is 16.5. The first-order valence-corrected chi connectivity index (χ1v) is 34.2. The van der Waals surface area contributed by atoms with E-state index in [4.69, 9.17) is 4.74 Å². The lowest BCUT2D eigenvalue weighted by atomic mass is 10.0. The molecule has 0 heterocycles. The van der Waals surface area contributed by atoms with Crippen LogP contribution in [0.1, 0.15) is 373 Å². The molecule has 0 saturated heterocycles. The van der Waals surface area contributed by atoms with Crippen molar-refractivity contribution < 1.29 is 24.5 Å². The molecule has 0 rings (SSSR count). The van der Waals surface area contributed by atoms with Crippen molar-refractivity contribution in [1.29, 1.82) is 0 Å². The zero-order valence-electron chi connectivity index (χ0n) is 51.3. The number of esters is 1. The predicted molar refractivity (Wildman–Crippen MR) is 333 cm³/mol.